The predicted molar refractivity (Wildman–Crippen MR) is 47.3 cm³/mol. The van der Waals surface area contributed by atoms with Crippen LogP contribution in [0.2, 0.25) is 0 Å². The van der Waals surface area contributed by atoms with Crippen molar-refractivity contribution in [1.29, 1.82) is 5.26 Å². The number of halogens is 1. The molecule has 0 spiro atoms. The van der Waals surface area contributed by atoms with Crippen molar-refractivity contribution in [2.45, 2.75) is 6.42 Å². The van der Waals surface area contributed by atoms with E-state index >= 15 is 0 Å². The second-order valence-corrected chi connectivity index (χ2v) is 2.56. The fourth-order valence-electron chi connectivity index (χ4n) is 0.901. The van der Waals surface area contributed by atoms with Crippen LogP contribution in [0.5, 0.6) is 5.75 Å². The van der Waals surface area contributed by atoms with Crippen molar-refractivity contribution < 1.29 is 13.9 Å². The highest BCUT2D eigenvalue weighted by molar-refractivity contribution is 5.49. The van der Waals surface area contributed by atoms with Crippen LogP contribution in [-0.4, -0.2) is 12.9 Å². The van der Waals surface area contributed by atoms with Gasteiger partial charge in [0.25, 0.3) is 0 Å². The van der Waals surface area contributed by atoms with E-state index in [0.717, 1.165) is 12.4 Å². The van der Waals surface area contributed by atoms with Gasteiger partial charge in [0.05, 0.1) is 12.2 Å². The lowest BCUT2D eigenvalue weighted by Gasteiger charge is -2.03. The third-order valence-corrected chi connectivity index (χ3v) is 1.57. The van der Waals surface area contributed by atoms with Gasteiger partial charge in [0.15, 0.2) is 0 Å². The molecule has 1 aromatic carbocycles. The molecule has 0 bridgehead atoms. The molecule has 0 amide bonds. The van der Waals surface area contributed by atoms with Crippen molar-refractivity contribution in [3.05, 3.63) is 29.6 Å². The highest BCUT2D eigenvalue weighted by atomic mass is 19.1. The van der Waals surface area contributed by atoms with Crippen molar-refractivity contribution in [3.8, 4) is 11.8 Å². The minimum Gasteiger partial charge on any atom is -0.493 e. The van der Waals surface area contributed by atoms with Crippen LogP contribution in [0.15, 0.2) is 18.2 Å². The molecule has 72 valence electrons. The molecule has 4 heteroatoms. The molecule has 0 N–H and O–H groups in total. The first-order valence-electron chi connectivity index (χ1n) is 4.04. The first kappa shape index (κ1) is 10.2. The summed E-state index contributed by atoms with van der Waals surface area (Å²) in [7, 11) is 0. The Labute approximate surface area is 80.7 Å². The fraction of sp³-hybridized carbons (Fsp3) is 0.200. The van der Waals surface area contributed by atoms with Gasteiger partial charge in [0.2, 0.25) is 0 Å². The molecule has 0 aliphatic carbocycles. The minimum atomic E-state index is -0.615. The van der Waals surface area contributed by atoms with Crippen LogP contribution in [0.3, 0.4) is 0 Å². The summed E-state index contributed by atoms with van der Waals surface area (Å²) in [6, 6.07) is 5.66. The summed E-state index contributed by atoms with van der Waals surface area (Å²) in [4.78, 5) is 9.97. The highest BCUT2D eigenvalue weighted by Gasteiger charge is 2.02. The highest BCUT2D eigenvalue weighted by Crippen LogP contribution is 2.15. The fourth-order valence-corrected chi connectivity index (χ4v) is 0.901. The van der Waals surface area contributed by atoms with Gasteiger partial charge < -0.3 is 9.53 Å². The van der Waals surface area contributed by atoms with E-state index < -0.39 is 5.82 Å². The van der Waals surface area contributed by atoms with Crippen LogP contribution in [-0.2, 0) is 4.79 Å². The van der Waals surface area contributed by atoms with Crippen molar-refractivity contribution >= 4 is 6.29 Å². The number of nitriles is 1. The third kappa shape index (κ3) is 2.56. The van der Waals surface area contributed by atoms with Gasteiger partial charge in [-0.25, -0.2) is 4.39 Å². The molecule has 0 fully saturated rings. The second kappa shape index (κ2) is 4.97. The lowest BCUT2D eigenvalue weighted by Crippen LogP contribution is -1.98. The normalized spacial score (nSPS) is 9.14. The maximum Gasteiger partial charge on any atom is 0.144 e. The molecule has 0 unspecified atom stereocenters. The van der Waals surface area contributed by atoms with Crippen LogP contribution in [0.25, 0.3) is 0 Å². The van der Waals surface area contributed by atoms with Gasteiger partial charge in [0, 0.05) is 12.5 Å². The minimum absolute atomic E-state index is 0.0206. The number of aldehydes is 1. The number of hydrogen-bond acceptors (Lipinski definition) is 3. The summed E-state index contributed by atoms with van der Waals surface area (Å²) >= 11 is 0. The first-order chi connectivity index (χ1) is 6.77. The predicted octanol–water partition coefficient (Wildman–Crippen LogP) is 1.67. The van der Waals surface area contributed by atoms with E-state index in [-0.39, 0.29) is 18.6 Å². The van der Waals surface area contributed by atoms with Crippen molar-refractivity contribution in [2.75, 3.05) is 6.61 Å². The summed E-state index contributed by atoms with van der Waals surface area (Å²) in [5.41, 5.74) is -0.0206. The van der Waals surface area contributed by atoms with Crippen molar-refractivity contribution in [3.63, 3.8) is 0 Å². The maximum atomic E-state index is 13.0. The second-order valence-electron chi connectivity index (χ2n) is 2.56. The average molecular weight is 193 g/mol. The molecule has 0 radical (unpaired) electrons. The first-order valence-corrected chi connectivity index (χ1v) is 4.04. The molecule has 0 saturated carbocycles. The molecule has 0 aliphatic heterocycles. The number of benzene rings is 1. The molecule has 1 rings (SSSR count). The van der Waals surface area contributed by atoms with Gasteiger partial charge in [-0.05, 0) is 12.1 Å². The van der Waals surface area contributed by atoms with Crippen molar-refractivity contribution in [1.82, 2.24) is 0 Å². The molecule has 0 aromatic heterocycles. The largest absolute Gasteiger partial charge is 0.493 e. The van der Waals surface area contributed by atoms with Crippen LogP contribution >= 0.6 is 0 Å². The van der Waals surface area contributed by atoms with Crippen LogP contribution in [0.4, 0.5) is 4.39 Å². The Morgan fingerprint density at radius 2 is 2.36 bits per heavy atom. The molecule has 0 atom stereocenters. The van der Waals surface area contributed by atoms with Gasteiger partial charge in [-0.1, -0.05) is 0 Å². The molecular weight excluding hydrogens is 185 g/mol. The Kier molecular flexibility index (Phi) is 3.62. The summed E-state index contributed by atoms with van der Waals surface area (Å²) in [5.74, 6) is -0.292. The van der Waals surface area contributed by atoms with Crippen molar-refractivity contribution in [2.24, 2.45) is 0 Å². The number of rotatable bonds is 4. The molecule has 0 saturated heterocycles. The quantitative estimate of drug-likeness (QED) is 0.539. The smallest absolute Gasteiger partial charge is 0.144 e. The van der Waals surface area contributed by atoms with Gasteiger partial charge in [-0.2, -0.15) is 5.26 Å². The van der Waals surface area contributed by atoms with Crippen LogP contribution in [0, 0.1) is 17.1 Å². The summed E-state index contributed by atoms with van der Waals surface area (Å²) in [6.45, 7) is 0.217. The number of hydrogen-bond donors (Lipinski definition) is 0. The van der Waals surface area contributed by atoms with Gasteiger partial charge in [-0.15, -0.1) is 0 Å². The molecule has 14 heavy (non-hydrogen) atoms. The third-order valence-electron chi connectivity index (χ3n) is 1.57. The van der Waals surface area contributed by atoms with E-state index in [1.807, 2.05) is 0 Å². The van der Waals surface area contributed by atoms with E-state index in [1.165, 1.54) is 12.1 Å². The number of nitrogens with zero attached hydrogens (tertiary/aromatic N) is 1. The Bertz CT molecular complexity index is 371. The lowest BCUT2D eigenvalue weighted by molar-refractivity contribution is -0.108. The zero-order chi connectivity index (χ0) is 10.4. The molecule has 1 aromatic rings. The zero-order valence-electron chi connectivity index (χ0n) is 7.37. The van der Waals surface area contributed by atoms with Gasteiger partial charge in [-0.3, -0.25) is 0 Å². The van der Waals surface area contributed by atoms with Gasteiger partial charge >= 0.3 is 0 Å². The van der Waals surface area contributed by atoms with E-state index in [1.54, 1.807) is 6.07 Å². The summed E-state index contributed by atoms with van der Waals surface area (Å²) in [6.07, 6.45) is 0.988. The van der Waals surface area contributed by atoms with Crippen LogP contribution < -0.4 is 4.74 Å². The summed E-state index contributed by atoms with van der Waals surface area (Å²) < 4.78 is 18.0. The molecular formula is C10H8FNO2. The van der Waals surface area contributed by atoms with E-state index in [4.69, 9.17) is 10.00 Å². The Hall–Kier alpha value is -1.89. The number of carbonyl (C=O) groups excluding carboxylic acids is 1. The van der Waals surface area contributed by atoms with E-state index in [0.29, 0.717) is 5.75 Å². The van der Waals surface area contributed by atoms with E-state index in [9.17, 15) is 9.18 Å². The molecule has 0 heterocycles. The average Bonchev–Trinajstić information content (AvgIpc) is 2.18. The number of ether oxygens (including phenoxy) is 1. The van der Waals surface area contributed by atoms with Gasteiger partial charge in [0.1, 0.15) is 23.9 Å². The van der Waals surface area contributed by atoms with E-state index in [2.05, 4.69) is 0 Å². The summed E-state index contributed by atoms with van der Waals surface area (Å²) in [5, 5.41) is 8.45. The SMILES string of the molecule is N#Cc1ccc(OCCC=O)cc1F. The Morgan fingerprint density at radius 3 is 2.93 bits per heavy atom. The maximum absolute atomic E-state index is 13.0. The zero-order valence-corrected chi connectivity index (χ0v) is 7.37. The lowest BCUT2D eigenvalue weighted by atomic mass is 10.2. The molecule has 3 nitrogen and oxygen atoms in total. The number of carbonyl (C=O) groups is 1. The Morgan fingerprint density at radius 1 is 1.57 bits per heavy atom. The standard InChI is InChI=1S/C10H8FNO2/c11-10-6-9(14-5-1-4-13)3-2-8(10)7-12/h2-4,6H,1,5H2. The Balaban J connectivity index is 2.67. The molecule has 0 aliphatic rings. The monoisotopic (exact) mass is 193 g/mol. The topological polar surface area (TPSA) is 50.1 Å². The van der Waals surface area contributed by atoms with Crippen LogP contribution in [0.1, 0.15) is 12.0 Å².